The number of carbonyl (C=O) groups is 1. The number of amides is 1. The van der Waals surface area contributed by atoms with Crippen molar-refractivity contribution < 1.29 is 4.79 Å². The lowest BCUT2D eigenvalue weighted by Gasteiger charge is -2.38. The SMILES string of the molecule is CCCNC1CCCN(C(C)CN(CC)CC)C1=O. The molecule has 1 rings (SSSR count). The molecule has 1 heterocycles. The summed E-state index contributed by atoms with van der Waals surface area (Å²) < 4.78 is 0. The molecule has 1 fully saturated rings. The van der Waals surface area contributed by atoms with Gasteiger partial charge in [-0.05, 0) is 45.8 Å². The van der Waals surface area contributed by atoms with Crippen LogP contribution in [-0.2, 0) is 4.79 Å². The fourth-order valence-corrected chi connectivity index (χ4v) is 2.80. The third kappa shape index (κ3) is 4.77. The van der Waals surface area contributed by atoms with Gasteiger partial charge >= 0.3 is 0 Å². The summed E-state index contributed by atoms with van der Waals surface area (Å²) in [6, 6.07) is 0.367. The Bertz CT molecular complexity index is 266. The third-order valence-electron chi connectivity index (χ3n) is 4.06. The molecule has 2 unspecified atom stereocenters. The van der Waals surface area contributed by atoms with Crippen LogP contribution in [0.1, 0.15) is 47.0 Å². The van der Waals surface area contributed by atoms with Gasteiger partial charge in [0.1, 0.15) is 0 Å². The molecule has 1 amide bonds. The van der Waals surface area contributed by atoms with Crippen LogP contribution in [0.3, 0.4) is 0 Å². The van der Waals surface area contributed by atoms with Gasteiger partial charge in [-0.25, -0.2) is 0 Å². The fraction of sp³-hybridized carbons (Fsp3) is 0.933. The zero-order valence-corrected chi connectivity index (χ0v) is 13.1. The van der Waals surface area contributed by atoms with Gasteiger partial charge in [0, 0.05) is 19.1 Å². The van der Waals surface area contributed by atoms with Crippen molar-refractivity contribution in [1.82, 2.24) is 15.1 Å². The molecule has 4 nitrogen and oxygen atoms in total. The Kier molecular flexibility index (Phi) is 7.39. The lowest BCUT2D eigenvalue weighted by Crippen LogP contribution is -2.55. The van der Waals surface area contributed by atoms with Gasteiger partial charge < -0.3 is 15.1 Å². The summed E-state index contributed by atoms with van der Waals surface area (Å²) in [5.41, 5.74) is 0. The largest absolute Gasteiger partial charge is 0.337 e. The van der Waals surface area contributed by atoms with E-state index in [1.807, 2.05) is 0 Å². The van der Waals surface area contributed by atoms with Gasteiger partial charge in [-0.2, -0.15) is 0 Å². The van der Waals surface area contributed by atoms with Crippen LogP contribution in [0.4, 0.5) is 0 Å². The predicted octanol–water partition coefficient (Wildman–Crippen LogP) is 1.71. The highest BCUT2D eigenvalue weighted by Crippen LogP contribution is 2.15. The Morgan fingerprint density at radius 1 is 1.37 bits per heavy atom. The fourth-order valence-electron chi connectivity index (χ4n) is 2.80. The first-order valence-corrected chi connectivity index (χ1v) is 7.90. The molecule has 0 aromatic carbocycles. The minimum Gasteiger partial charge on any atom is -0.337 e. The average molecular weight is 269 g/mol. The van der Waals surface area contributed by atoms with E-state index >= 15 is 0 Å². The van der Waals surface area contributed by atoms with E-state index in [-0.39, 0.29) is 6.04 Å². The molecule has 19 heavy (non-hydrogen) atoms. The maximum Gasteiger partial charge on any atom is 0.239 e. The zero-order valence-electron chi connectivity index (χ0n) is 13.1. The lowest BCUT2D eigenvalue weighted by molar-refractivity contribution is -0.138. The topological polar surface area (TPSA) is 35.6 Å². The number of hydrogen-bond acceptors (Lipinski definition) is 3. The molecule has 0 aromatic rings. The highest BCUT2D eigenvalue weighted by atomic mass is 16.2. The molecule has 0 aromatic heterocycles. The summed E-state index contributed by atoms with van der Waals surface area (Å²) in [7, 11) is 0. The Morgan fingerprint density at radius 3 is 2.63 bits per heavy atom. The average Bonchev–Trinajstić information content (AvgIpc) is 2.43. The van der Waals surface area contributed by atoms with E-state index in [0.29, 0.717) is 11.9 Å². The van der Waals surface area contributed by atoms with Gasteiger partial charge in [0.05, 0.1) is 6.04 Å². The van der Waals surface area contributed by atoms with Gasteiger partial charge in [0.2, 0.25) is 5.91 Å². The van der Waals surface area contributed by atoms with Crippen LogP contribution in [0.2, 0.25) is 0 Å². The number of piperidine rings is 1. The van der Waals surface area contributed by atoms with Crippen molar-refractivity contribution >= 4 is 5.91 Å². The molecule has 1 aliphatic heterocycles. The van der Waals surface area contributed by atoms with Gasteiger partial charge in [-0.15, -0.1) is 0 Å². The van der Waals surface area contributed by atoms with Crippen LogP contribution in [0.5, 0.6) is 0 Å². The molecule has 2 atom stereocenters. The highest BCUT2D eigenvalue weighted by Gasteiger charge is 2.31. The Morgan fingerprint density at radius 2 is 2.05 bits per heavy atom. The highest BCUT2D eigenvalue weighted by molar-refractivity contribution is 5.82. The minimum absolute atomic E-state index is 0.0489. The normalized spacial score (nSPS) is 22.1. The van der Waals surface area contributed by atoms with Crippen LogP contribution in [0.25, 0.3) is 0 Å². The number of nitrogens with one attached hydrogen (secondary N) is 1. The molecular weight excluding hydrogens is 238 g/mol. The summed E-state index contributed by atoms with van der Waals surface area (Å²) in [6.45, 7) is 13.6. The van der Waals surface area contributed by atoms with Gasteiger partial charge in [-0.1, -0.05) is 20.8 Å². The first-order chi connectivity index (χ1) is 9.13. The summed E-state index contributed by atoms with van der Waals surface area (Å²) in [5, 5.41) is 3.38. The van der Waals surface area contributed by atoms with Crippen molar-refractivity contribution in [2.24, 2.45) is 0 Å². The van der Waals surface area contributed by atoms with E-state index in [1.54, 1.807) is 0 Å². The van der Waals surface area contributed by atoms with E-state index in [1.165, 1.54) is 0 Å². The number of likely N-dealkylation sites (tertiary alicyclic amines) is 1. The van der Waals surface area contributed by atoms with Crippen molar-refractivity contribution in [2.75, 3.05) is 32.7 Å². The standard InChI is InChI=1S/C15H31N3O/c1-5-10-16-14-9-8-11-18(15(14)19)13(4)12-17(6-2)7-3/h13-14,16H,5-12H2,1-4H3. The summed E-state index contributed by atoms with van der Waals surface area (Å²) >= 11 is 0. The first kappa shape index (κ1) is 16.4. The number of carbonyl (C=O) groups excluding carboxylic acids is 1. The van der Waals surface area contributed by atoms with E-state index in [0.717, 1.165) is 52.0 Å². The van der Waals surface area contributed by atoms with Crippen molar-refractivity contribution in [3.8, 4) is 0 Å². The summed E-state index contributed by atoms with van der Waals surface area (Å²) in [5.74, 6) is 0.305. The monoisotopic (exact) mass is 269 g/mol. The van der Waals surface area contributed by atoms with Crippen molar-refractivity contribution in [1.29, 1.82) is 0 Å². The molecule has 1 aliphatic rings. The van der Waals surface area contributed by atoms with E-state index in [9.17, 15) is 4.79 Å². The quantitative estimate of drug-likeness (QED) is 0.728. The Labute approximate surface area is 118 Å². The summed E-state index contributed by atoms with van der Waals surface area (Å²) in [6.07, 6.45) is 3.20. The van der Waals surface area contributed by atoms with Crippen molar-refractivity contribution in [3.63, 3.8) is 0 Å². The number of likely N-dealkylation sites (N-methyl/N-ethyl adjacent to an activating group) is 1. The van der Waals surface area contributed by atoms with Gasteiger partial charge in [0.15, 0.2) is 0 Å². The second-order valence-electron chi connectivity index (χ2n) is 5.52. The molecule has 0 bridgehead atoms. The lowest BCUT2D eigenvalue weighted by atomic mass is 10.0. The summed E-state index contributed by atoms with van der Waals surface area (Å²) in [4.78, 5) is 16.9. The molecule has 0 radical (unpaired) electrons. The smallest absolute Gasteiger partial charge is 0.239 e. The zero-order chi connectivity index (χ0) is 14.3. The molecule has 0 saturated carbocycles. The second-order valence-corrected chi connectivity index (χ2v) is 5.52. The van der Waals surface area contributed by atoms with E-state index in [2.05, 4.69) is 42.8 Å². The molecule has 0 spiro atoms. The minimum atomic E-state index is 0.0489. The van der Waals surface area contributed by atoms with Crippen LogP contribution in [0.15, 0.2) is 0 Å². The first-order valence-electron chi connectivity index (χ1n) is 7.90. The molecule has 0 aliphatic carbocycles. The molecule has 4 heteroatoms. The Balaban J connectivity index is 2.53. The molecule has 1 saturated heterocycles. The van der Waals surface area contributed by atoms with Gasteiger partial charge in [0.25, 0.3) is 0 Å². The van der Waals surface area contributed by atoms with Crippen molar-refractivity contribution in [3.05, 3.63) is 0 Å². The predicted molar refractivity (Wildman–Crippen MR) is 80.3 cm³/mol. The number of nitrogens with zero attached hydrogens (tertiary/aromatic N) is 2. The van der Waals surface area contributed by atoms with E-state index in [4.69, 9.17) is 0 Å². The molecule has 1 N–H and O–H groups in total. The maximum atomic E-state index is 12.5. The second kappa shape index (κ2) is 8.54. The third-order valence-corrected chi connectivity index (χ3v) is 4.06. The number of rotatable bonds is 8. The number of hydrogen-bond donors (Lipinski definition) is 1. The van der Waals surface area contributed by atoms with Crippen LogP contribution < -0.4 is 5.32 Å². The van der Waals surface area contributed by atoms with E-state index < -0.39 is 0 Å². The van der Waals surface area contributed by atoms with Crippen molar-refractivity contribution in [2.45, 2.75) is 59.0 Å². The van der Waals surface area contributed by atoms with Gasteiger partial charge in [-0.3, -0.25) is 4.79 Å². The van der Waals surface area contributed by atoms with Crippen LogP contribution >= 0.6 is 0 Å². The Hall–Kier alpha value is -0.610. The van der Waals surface area contributed by atoms with Crippen LogP contribution in [0, 0.1) is 0 Å². The van der Waals surface area contributed by atoms with Crippen LogP contribution in [-0.4, -0.2) is 60.5 Å². The maximum absolute atomic E-state index is 12.5. The molecule has 112 valence electrons. The molecular formula is C15H31N3O.